The maximum Gasteiger partial charge on any atom is 0.456 e. The van der Waals surface area contributed by atoms with Crippen molar-refractivity contribution in [1.82, 2.24) is 0 Å². The quantitative estimate of drug-likeness (QED) is 0.623. The minimum atomic E-state index is -5.89. The maximum absolute atomic E-state index is 13.1. The van der Waals surface area contributed by atoms with E-state index in [1.807, 2.05) is 0 Å². The highest BCUT2D eigenvalue weighted by Gasteiger charge is 2.73. The number of rotatable bonds is 4. The molecule has 0 aromatic carbocycles. The van der Waals surface area contributed by atoms with Crippen molar-refractivity contribution in [2.24, 2.45) is 17.3 Å². The van der Waals surface area contributed by atoms with Crippen LogP contribution in [0.1, 0.15) is 20.3 Å². The molecule has 2 unspecified atom stereocenters. The molecule has 19 heavy (non-hydrogen) atoms. The van der Waals surface area contributed by atoms with Gasteiger partial charge in [-0.1, -0.05) is 37.0 Å². The highest BCUT2D eigenvalue weighted by molar-refractivity contribution is 6.49. The molecule has 0 amide bonds. The van der Waals surface area contributed by atoms with Crippen molar-refractivity contribution in [2.45, 2.75) is 36.7 Å². The summed E-state index contributed by atoms with van der Waals surface area (Å²) in [6, 6.07) is 0. The van der Waals surface area contributed by atoms with Gasteiger partial charge in [0.2, 0.25) is 0 Å². The third-order valence-electron chi connectivity index (χ3n) is 3.61. The van der Waals surface area contributed by atoms with Crippen molar-refractivity contribution < 1.29 is 31.9 Å². The summed E-state index contributed by atoms with van der Waals surface area (Å²) in [7, 11) is 0. The predicted molar refractivity (Wildman–Crippen MR) is 58.5 cm³/mol. The Hall–Kier alpha value is -0.300. The summed E-state index contributed by atoms with van der Waals surface area (Å²) in [5, 5.41) is 8.82. The van der Waals surface area contributed by atoms with Crippen LogP contribution in [0, 0.1) is 17.3 Å². The fraction of sp³-hybridized carbons (Fsp3) is 0.900. The fourth-order valence-corrected chi connectivity index (χ4v) is 2.77. The Kier molecular flexibility index (Phi) is 3.83. The van der Waals surface area contributed by atoms with E-state index in [1.54, 1.807) is 0 Å². The highest BCUT2D eigenvalue weighted by atomic mass is 35.5. The summed E-state index contributed by atoms with van der Waals surface area (Å²) in [6.45, 7) is 2.90. The zero-order chi connectivity index (χ0) is 15.4. The number of hydrogen-bond acceptors (Lipinski definition) is 1. The van der Waals surface area contributed by atoms with Crippen LogP contribution in [-0.4, -0.2) is 27.5 Å². The molecule has 0 aromatic rings. The van der Waals surface area contributed by atoms with E-state index in [0.29, 0.717) is 0 Å². The topological polar surface area (TPSA) is 37.3 Å². The van der Waals surface area contributed by atoms with Gasteiger partial charge in [0.25, 0.3) is 0 Å². The first-order chi connectivity index (χ1) is 8.16. The molecule has 0 heterocycles. The zero-order valence-electron chi connectivity index (χ0n) is 9.86. The van der Waals surface area contributed by atoms with E-state index in [1.165, 1.54) is 13.8 Å². The van der Waals surface area contributed by atoms with Crippen LogP contribution < -0.4 is 0 Å². The number of aliphatic carboxylic acids is 1. The van der Waals surface area contributed by atoms with Gasteiger partial charge in [-0.3, -0.25) is 4.79 Å². The predicted octanol–water partition coefficient (Wildman–Crippen LogP) is 4.10. The van der Waals surface area contributed by atoms with E-state index >= 15 is 0 Å². The van der Waals surface area contributed by atoms with Gasteiger partial charge in [-0.05, 0) is 17.8 Å². The fourth-order valence-electron chi connectivity index (χ4n) is 2.23. The Morgan fingerprint density at radius 1 is 1.21 bits per heavy atom. The van der Waals surface area contributed by atoms with Crippen molar-refractivity contribution in [2.75, 3.05) is 0 Å². The second-order valence-corrected chi connectivity index (χ2v) is 6.71. The molecular weight excluding hydrogens is 318 g/mol. The molecule has 0 radical (unpaired) electrons. The zero-order valence-corrected chi connectivity index (χ0v) is 11.4. The first kappa shape index (κ1) is 16.8. The van der Waals surface area contributed by atoms with Crippen molar-refractivity contribution >= 4 is 29.2 Å². The Morgan fingerprint density at radius 3 is 1.89 bits per heavy atom. The summed E-state index contributed by atoms with van der Waals surface area (Å²) >= 11 is 10.3. The minimum Gasteiger partial charge on any atom is -0.481 e. The average molecular weight is 329 g/mol. The van der Waals surface area contributed by atoms with Gasteiger partial charge < -0.3 is 5.11 Å². The summed E-state index contributed by atoms with van der Waals surface area (Å²) in [6.07, 6.45) is -6.85. The first-order valence-corrected chi connectivity index (χ1v) is 5.97. The van der Waals surface area contributed by atoms with Crippen LogP contribution >= 0.6 is 23.2 Å². The molecule has 2 atom stereocenters. The minimum absolute atomic E-state index is 0.914. The van der Waals surface area contributed by atoms with Crippen LogP contribution in [0.4, 0.5) is 22.0 Å². The maximum atomic E-state index is 13.1. The molecule has 0 saturated heterocycles. The Bertz CT molecular complexity index is 392. The van der Waals surface area contributed by atoms with Crippen LogP contribution in [0.25, 0.3) is 0 Å². The summed E-state index contributed by atoms with van der Waals surface area (Å²) < 4.78 is 59.5. The lowest BCUT2D eigenvalue weighted by Gasteiger charge is -2.31. The molecule has 9 heteroatoms. The molecule has 1 saturated carbocycles. The number of carbonyl (C=O) groups is 1. The Balaban J connectivity index is 2.91. The van der Waals surface area contributed by atoms with Crippen LogP contribution in [-0.2, 0) is 4.79 Å². The van der Waals surface area contributed by atoms with E-state index in [9.17, 15) is 26.7 Å². The van der Waals surface area contributed by atoms with Crippen LogP contribution in [0.15, 0.2) is 0 Å². The van der Waals surface area contributed by atoms with Crippen LogP contribution in [0.3, 0.4) is 0 Å². The van der Waals surface area contributed by atoms with E-state index in [4.69, 9.17) is 28.3 Å². The molecule has 1 rings (SSSR count). The molecule has 0 aromatic heterocycles. The van der Waals surface area contributed by atoms with E-state index in [0.717, 1.165) is 0 Å². The van der Waals surface area contributed by atoms with E-state index < -0.39 is 46.1 Å². The molecule has 2 nitrogen and oxygen atoms in total. The molecule has 0 spiro atoms. The largest absolute Gasteiger partial charge is 0.481 e. The summed E-state index contributed by atoms with van der Waals surface area (Å²) in [5.41, 5.74) is -0.914. The monoisotopic (exact) mass is 328 g/mol. The third kappa shape index (κ3) is 2.63. The van der Waals surface area contributed by atoms with Gasteiger partial charge in [-0.25, -0.2) is 0 Å². The number of alkyl halides is 7. The van der Waals surface area contributed by atoms with Gasteiger partial charge in [0.05, 0.1) is 5.92 Å². The standard InChI is InChI=1S/C10H11Cl2F5O2/c1-7(2)4(5(7)6(18)19)3-8(11,12)9(13,14)10(15,16)17/h4-5H,3H2,1-2H3,(H,18,19). The first-order valence-electron chi connectivity index (χ1n) is 5.21. The lowest BCUT2D eigenvalue weighted by Crippen LogP contribution is -2.51. The van der Waals surface area contributed by atoms with Gasteiger partial charge >= 0.3 is 18.1 Å². The normalized spacial score (nSPS) is 27.2. The van der Waals surface area contributed by atoms with Gasteiger partial charge in [0.1, 0.15) is 0 Å². The van der Waals surface area contributed by atoms with Gasteiger partial charge in [-0.2, -0.15) is 22.0 Å². The highest BCUT2D eigenvalue weighted by Crippen LogP contribution is 2.65. The van der Waals surface area contributed by atoms with Crippen LogP contribution in [0.5, 0.6) is 0 Å². The van der Waals surface area contributed by atoms with Gasteiger partial charge in [-0.15, -0.1) is 0 Å². The summed E-state index contributed by atoms with van der Waals surface area (Å²) in [5.74, 6) is -8.55. The second-order valence-electron chi connectivity index (χ2n) is 5.22. The molecule has 1 N–H and O–H groups in total. The lowest BCUT2D eigenvalue weighted by molar-refractivity contribution is -0.288. The molecule has 0 aliphatic heterocycles. The van der Waals surface area contributed by atoms with Crippen molar-refractivity contribution in [3.05, 3.63) is 0 Å². The van der Waals surface area contributed by atoms with E-state index in [2.05, 4.69) is 0 Å². The second kappa shape index (κ2) is 4.35. The summed E-state index contributed by atoms with van der Waals surface area (Å²) in [4.78, 5) is 10.8. The third-order valence-corrected chi connectivity index (χ3v) is 4.39. The number of carboxylic acid groups (broad SMARTS) is 1. The average Bonchev–Trinajstić information content (AvgIpc) is 2.64. The molecule has 112 valence electrons. The van der Waals surface area contributed by atoms with E-state index in [-0.39, 0.29) is 0 Å². The molecule has 1 aliphatic carbocycles. The van der Waals surface area contributed by atoms with Gasteiger partial charge in [0.15, 0.2) is 4.33 Å². The molecule has 0 bridgehead atoms. The SMILES string of the molecule is CC1(C)C(CC(Cl)(Cl)C(F)(F)C(F)(F)F)C1C(=O)O. The van der Waals surface area contributed by atoms with Gasteiger partial charge in [0, 0.05) is 0 Å². The number of halogens is 7. The Labute approximate surface area is 115 Å². The lowest BCUT2D eigenvalue weighted by atomic mass is 10.0. The number of hydrogen-bond donors (Lipinski definition) is 1. The Morgan fingerprint density at radius 2 is 1.63 bits per heavy atom. The molecular formula is C10H11Cl2F5O2. The van der Waals surface area contributed by atoms with Crippen molar-refractivity contribution in [3.8, 4) is 0 Å². The van der Waals surface area contributed by atoms with Crippen molar-refractivity contribution in [3.63, 3.8) is 0 Å². The van der Waals surface area contributed by atoms with Crippen LogP contribution in [0.2, 0.25) is 0 Å². The number of carboxylic acids is 1. The molecule has 1 aliphatic rings. The smallest absolute Gasteiger partial charge is 0.456 e. The van der Waals surface area contributed by atoms with Crippen molar-refractivity contribution in [1.29, 1.82) is 0 Å². The molecule has 1 fully saturated rings.